The summed E-state index contributed by atoms with van der Waals surface area (Å²) in [5, 5.41) is 20.2. The molecule has 0 radical (unpaired) electrons. The van der Waals surface area contributed by atoms with Crippen molar-refractivity contribution in [1.82, 2.24) is 14.8 Å². The van der Waals surface area contributed by atoms with Gasteiger partial charge in [0.05, 0.1) is 18.7 Å². The summed E-state index contributed by atoms with van der Waals surface area (Å²) >= 11 is 7.66. The van der Waals surface area contributed by atoms with Gasteiger partial charge in [-0.2, -0.15) is 0 Å². The molecule has 3 rings (SSSR count). The number of nitrogens with zero attached hydrogens (tertiary/aromatic N) is 4. The summed E-state index contributed by atoms with van der Waals surface area (Å²) in [5.74, 6) is 2.13. The predicted molar refractivity (Wildman–Crippen MR) is 131 cm³/mol. The average molecular weight is 505 g/mol. The summed E-state index contributed by atoms with van der Waals surface area (Å²) in [7, 11) is 1.48. The molecule has 0 fully saturated rings. The molecule has 2 aromatic carbocycles. The molecule has 0 unspecified atom stereocenters. The number of aromatic nitrogens is 3. The van der Waals surface area contributed by atoms with Gasteiger partial charge in [-0.05, 0) is 55.8 Å². The van der Waals surface area contributed by atoms with E-state index in [1.807, 2.05) is 42.7 Å². The third-order valence-electron chi connectivity index (χ3n) is 4.73. The maximum absolute atomic E-state index is 11.5. The van der Waals surface area contributed by atoms with Crippen molar-refractivity contribution >= 4 is 23.4 Å². The Morgan fingerprint density at radius 3 is 2.62 bits per heavy atom. The van der Waals surface area contributed by atoms with Crippen LogP contribution in [0, 0.1) is 17.0 Å². The second kappa shape index (κ2) is 11.8. The summed E-state index contributed by atoms with van der Waals surface area (Å²) in [6.07, 6.45) is 1.59. The predicted octanol–water partition coefficient (Wildman–Crippen LogP) is 5.31. The van der Waals surface area contributed by atoms with E-state index in [4.69, 9.17) is 25.8 Å². The molecule has 0 N–H and O–H groups in total. The van der Waals surface area contributed by atoms with Crippen molar-refractivity contribution in [2.75, 3.05) is 26.9 Å². The summed E-state index contributed by atoms with van der Waals surface area (Å²) in [5.41, 5.74) is 1.42. The number of thioether (sulfide) groups is 1. The molecule has 3 aromatic rings. The zero-order chi connectivity index (χ0) is 24.7. The van der Waals surface area contributed by atoms with Gasteiger partial charge in [0.25, 0.3) is 0 Å². The van der Waals surface area contributed by atoms with Crippen molar-refractivity contribution in [3.63, 3.8) is 0 Å². The lowest BCUT2D eigenvalue weighted by Gasteiger charge is -2.18. The first-order valence-corrected chi connectivity index (χ1v) is 11.7. The van der Waals surface area contributed by atoms with Gasteiger partial charge in [-0.25, -0.2) is 0 Å². The number of hydrogen-bond donors (Lipinski definition) is 0. The number of methoxy groups -OCH3 is 1. The molecule has 180 valence electrons. The van der Waals surface area contributed by atoms with Crippen LogP contribution in [0.2, 0.25) is 5.02 Å². The van der Waals surface area contributed by atoms with Crippen LogP contribution in [0.4, 0.5) is 0 Å². The number of benzene rings is 2. The molecule has 0 aliphatic heterocycles. The van der Waals surface area contributed by atoms with E-state index in [9.17, 15) is 10.1 Å². The Morgan fingerprint density at radius 2 is 2.00 bits per heavy atom. The molecule has 1 aromatic heterocycles. The molecule has 0 amide bonds. The van der Waals surface area contributed by atoms with E-state index in [1.54, 1.807) is 18.2 Å². The van der Waals surface area contributed by atoms with Crippen LogP contribution in [0.15, 0.2) is 54.2 Å². The number of ether oxygens (including phenoxy) is 3. The molecule has 1 heterocycles. The van der Waals surface area contributed by atoms with E-state index >= 15 is 0 Å². The Bertz CT molecular complexity index is 1150. The molecule has 9 nitrogen and oxygen atoms in total. The van der Waals surface area contributed by atoms with E-state index in [2.05, 4.69) is 16.8 Å². The Labute approximate surface area is 206 Å². The van der Waals surface area contributed by atoms with Crippen molar-refractivity contribution in [2.24, 2.45) is 0 Å². The number of halogens is 1. The van der Waals surface area contributed by atoms with Gasteiger partial charge < -0.3 is 14.2 Å². The zero-order valence-electron chi connectivity index (χ0n) is 19.1. The average Bonchev–Trinajstić information content (AvgIpc) is 3.17. The molecular weight excluding hydrogens is 480 g/mol. The minimum absolute atomic E-state index is 0.243. The van der Waals surface area contributed by atoms with Crippen molar-refractivity contribution in [3.05, 3.63) is 75.6 Å². The molecular formula is C23H25ClN4O5S. The topological polar surface area (TPSA) is 102 Å². The van der Waals surface area contributed by atoms with E-state index in [-0.39, 0.29) is 23.1 Å². The second-order valence-corrected chi connectivity index (χ2v) is 8.62. The lowest BCUT2D eigenvalue weighted by molar-refractivity contribution is -0.479. The van der Waals surface area contributed by atoms with Crippen LogP contribution in [-0.4, -0.2) is 46.6 Å². The van der Waals surface area contributed by atoms with Crippen molar-refractivity contribution in [2.45, 2.75) is 24.3 Å². The van der Waals surface area contributed by atoms with Crippen molar-refractivity contribution < 1.29 is 19.1 Å². The van der Waals surface area contributed by atoms with E-state index in [1.165, 1.54) is 18.9 Å². The van der Waals surface area contributed by atoms with Gasteiger partial charge in [0.2, 0.25) is 6.54 Å². The fourth-order valence-electron chi connectivity index (χ4n) is 3.26. The summed E-state index contributed by atoms with van der Waals surface area (Å²) < 4.78 is 18.4. The smallest absolute Gasteiger partial charge is 0.220 e. The monoisotopic (exact) mass is 504 g/mol. The number of aryl methyl sites for hydroxylation is 1. The maximum Gasteiger partial charge on any atom is 0.220 e. The molecule has 0 aliphatic rings. The highest BCUT2D eigenvalue weighted by molar-refractivity contribution is 7.99. The van der Waals surface area contributed by atoms with E-state index < -0.39 is 5.25 Å². The van der Waals surface area contributed by atoms with Gasteiger partial charge in [0.1, 0.15) is 23.4 Å². The van der Waals surface area contributed by atoms with Gasteiger partial charge in [-0.15, -0.1) is 10.2 Å². The first-order chi connectivity index (χ1) is 16.4. The van der Waals surface area contributed by atoms with Gasteiger partial charge in [0.15, 0.2) is 16.7 Å². The Balaban J connectivity index is 1.98. The number of rotatable bonds is 12. The molecule has 34 heavy (non-hydrogen) atoms. The van der Waals surface area contributed by atoms with Gasteiger partial charge in [0, 0.05) is 10.6 Å². The van der Waals surface area contributed by atoms with E-state index in [0.29, 0.717) is 34.7 Å². The molecule has 1 atom stereocenters. The Kier molecular flexibility index (Phi) is 8.78. The second-order valence-electron chi connectivity index (χ2n) is 7.05. The molecule has 0 spiro atoms. The molecule has 0 saturated heterocycles. The molecule has 11 heteroatoms. The summed E-state index contributed by atoms with van der Waals surface area (Å²) in [6, 6.07) is 10.8. The van der Waals surface area contributed by atoms with Crippen molar-refractivity contribution in [1.29, 1.82) is 0 Å². The van der Waals surface area contributed by atoms with Gasteiger partial charge in [-0.3, -0.25) is 14.7 Å². The third kappa shape index (κ3) is 6.00. The van der Waals surface area contributed by atoms with Crippen LogP contribution in [0.3, 0.4) is 0 Å². The third-order valence-corrected chi connectivity index (χ3v) is 6.19. The highest BCUT2D eigenvalue weighted by Crippen LogP contribution is 2.43. The Hall–Kier alpha value is -3.24. The van der Waals surface area contributed by atoms with Crippen LogP contribution in [0.5, 0.6) is 17.2 Å². The first kappa shape index (κ1) is 25.4. The first-order valence-electron chi connectivity index (χ1n) is 10.4. The van der Waals surface area contributed by atoms with Crippen LogP contribution in [0.25, 0.3) is 5.69 Å². The Morgan fingerprint density at radius 1 is 1.26 bits per heavy atom. The molecule has 0 saturated carbocycles. The van der Waals surface area contributed by atoms with Crippen LogP contribution >= 0.6 is 23.4 Å². The van der Waals surface area contributed by atoms with Crippen LogP contribution in [-0.2, 0) is 0 Å². The summed E-state index contributed by atoms with van der Waals surface area (Å²) in [4.78, 5) is 11.1. The normalized spacial score (nSPS) is 11.6. The van der Waals surface area contributed by atoms with Crippen molar-refractivity contribution in [3.8, 4) is 22.9 Å². The molecule has 0 bridgehead atoms. The van der Waals surface area contributed by atoms with Gasteiger partial charge in [-0.1, -0.05) is 36.0 Å². The summed E-state index contributed by atoms with van der Waals surface area (Å²) in [6.45, 7) is 7.82. The maximum atomic E-state index is 11.5. The largest absolute Gasteiger partial charge is 0.494 e. The number of nitro groups is 1. The SMILES string of the molecule is C=CCOc1c(Cl)cc([C@@H](C[N+](=O)[O-])Sc2nnc(C)n2-c2ccc(OCC)cc2)cc1OC. The lowest BCUT2D eigenvalue weighted by atomic mass is 10.1. The standard InChI is InChI=1S/C23H25ClN4O5S/c1-5-11-33-22-19(24)12-16(13-20(22)31-4)21(14-27(29)30)34-23-26-25-15(3)28(23)17-7-9-18(10-8-17)32-6-2/h5,7-10,12-13,21H,1,6,11,14H2,2-4H3/t21-/m1/s1. The lowest BCUT2D eigenvalue weighted by Crippen LogP contribution is -2.12. The van der Waals surface area contributed by atoms with Crippen LogP contribution < -0.4 is 14.2 Å². The fourth-order valence-corrected chi connectivity index (χ4v) is 4.68. The van der Waals surface area contributed by atoms with E-state index in [0.717, 1.165) is 11.4 Å². The fraction of sp³-hybridized carbons (Fsp3) is 0.304. The highest BCUT2D eigenvalue weighted by Gasteiger charge is 2.26. The van der Waals surface area contributed by atoms with Gasteiger partial charge >= 0.3 is 0 Å². The molecule has 0 aliphatic carbocycles. The highest BCUT2D eigenvalue weighted by atomic mass is 35.5. The number of hydrogen-bond acceptors (Lipinski definition) is 8. The zero-order valence-corrected chi connectivity index (χ0v) is 20.6. The minimum Gasteiger partial charge on any atom is -0.494 e. The van der Waals surface area contributed by atoms with Crippen LogP contribution in [0.1, 0.15) is 23.6 Å². The quantitative estimate of drug-likeness (QED) is 0.141. The minimum atomic E-state index is -0.611.